The molecule has 3 aromatic heterocycles. The molecule has 7 nitrogen and oxygen atoms in total. The number of aromatic nitrogens is 3. The Hall–Kier alpha value is -3.04. The van der Waals surface area contributed by atoms with Crippen molar-refractivity contribution in [3.05, 3.63) is 59.6 Å². The van der Waals surface area contributed by atoms with E-state index < -0.39 is 9.84 Å². The molecule has 1 aromatic carbocycles. The molecule has 9 heteroatoms. The van der Waals surface area contributed by atoms with Gasteiger partial charge in [-0.05, 0) is 42.6 Å². The van der Waals surface area contributed by atoms with E-state index in [0.29, 0.717) is 34.5 Å². The minimum Gasteiger partial charge on any atom is -0.322 e. The summed E-state index contributed by atoms with van der Waals surface area (Å²) in [5.74, 6) is -0.350. The lowest BCUT2D eigenvalue weighted by Crippen LogP contribution is -2.13. The molecule has 1 amide bonds. The van der Waals surface area contributed by atoms with Crippen LogP contribution in [-0.4, -0.2) is 35.3 Å². The zero-order valence-electron chi connectivity index (χ0n) is 15.8. The van der Waals surface area contributed by atoms with Crippen LogP contribution in [0, 0.1) is 0 Å². The van der Waals surface area contributed by atoms with Crippen LogP contribution in [0.25, 0.3) is 21.6 Å². The number of fused-ring (bicyclic) bond motifs is 1. The highest BCUT2D eigenvalue weighted by atomic mass is 32.2. The van der Waals surface area contributed by atoms with Gasteiger partial charge in [0.2, 0.25) is 0 Å². The first-order valence-corrected chi connectivity index (χ1v) is 11.7. The molecule has 0 saturated heterocycles. The minimum absolute atomic E-state index is 0.147. The SMILES string of the molecule is CCn1ncc2c(C(=O)Nc3cccc(S(C)(=O)=O)c3)cc(-c3cccs3)nc21. The zero-order valence-corrected chi connectivity index (χ0v) is 17.4. The molecule has 0 aliphatic heterocycles. The lowest BCUT2D eigenvalue weighted by Gasteiger charge is -2.09. The number of thiophene rings is 1. The van der Waals surface area contributed by atoms with Crippen molar-refractivity contribution in [2.24, 2.45) is 0 Å². The van der Waals surface area contributed by atoms with Crippen molar-refractivity contribution in [3.63, 3.8) is 0 Å². The van der Waals surface area contributed by atoms with Gasteiger partial charge in [-0.25, -0.2) is 18.1 Å². The lowest BCUT2D eigenvalue weighted by atomic mass is 10.1. The van der Waals surface area contributed by atoms with Crippen LogP contribution >= 0.6 is 11.3 Å². The Balaban J connectivity index is 1.79. The van der Waals surface area contributed by atoms with Gasteiger partial charge in [0.05, 0.1) is 32.6 Å². The molecular weight excluding hydrogens is 408 g/mol. The van der Waals surface area contributed by atoms with Crippen molar-refractivity contribution in [3.8, 4) is 10.6 Å². The van der Waals surface area contributed by atoms with Crippen LogP contribution in [-0.2, 0) is 16.4 Å². The standard InChI is InChI=1S/C20H18N4O3S2/c1-3-24-19-16(12-21-24)15(11-17(23-19)18-8-5-9-28-18)20(25)22-13-6-4-7-14(10-13)29(2,26)27/h4-12H,3H2,1-2H3,(H,22,25). The van der Waals surface area contributed by atoms with Gasteiger partial charge in [0.1, 0.15) is 0 Å². The summed E-state index contributed by atoms with van der Waals surface area (Å²) in [6.07, 6.45) is 2.76. The van der Waals surface area contributed by atoms with E-state index in [1.807, 2.05) is 24.4 Å². The van der Waals surface area contributed by atoms with Crippen LogP contribution in [0.5, 0.6) is 0 Å². The van der Waals surface area contributed by atoms with Gasteiger partial charge in [-0.15, -0.1) is 11.3 Å². The molecule has 148 valence electrons. The van der Waals surface area contributed by atoms with Crippen LogP contribution < -0.4 is 5.32 Å². The van der Waals surface area contributed by atoms with Crippen LogP contribution in [0.3, 0.4) is 0 Å². The number of pyridine rings is 1. The Labute approximate surface area is 171 Å². The summed E-state index contributed by atoms with van der Waals surface area (Å²) < 4.78 is 25.3. The van der Waals surface area contributed by atoms with Gasteiger partial charge < -0.3 is 5.32 Å². The Morgan fingerprint density at radius 3 is 2.72 bits per heavy atom. The Morgan fingerprint density at radius 2 is 2.03 bits per heavy atom. The highest BCUT2D eigenvalue weighted by Crippen LogP contribution is 2.28. The number of carbonyl (C=O) groups is 1. The van der Waals surface area contributed by atoms with E-state index in [0.717, 1.165) is 11.1 Å². The fourth-order valence-electron chi connectivity index (χ4n) is 3.02. The average molecular weight is 427 g/mol. The molecule has 0 fully saturated rings. The predicted octanol–water partition coefficient (Wildman–Crippen LogP) is 3.84. The smallest absolute Gasteiger partial charge is 0.256 e. The molecule has 0 bridgehead atoms. The molecule has 29 heavy (non-hydrogen) atoms. The first-order chi connectivity index (χ1) is 13.9. The molecule has 3 heterocycles. The second-order valence-electron chi connectivity index (χ2n) is 6.48. The highest BCUT2D eigenvalue weighted by Gasteiger charge is 2.18. The molecule has 1 N–H and O–H groups in total. The fourth-order valence-corrected chi connectivity index (χ4v) is 4.37. The summed E-state index contributed by atoms with van der Waals surface area (Å²) in [5.41, 5.74) is 2.16. The molecule has 4 aromatic rings. The van der Waals surface area contributed by atoms with Gasteiger partial charge in [-0.3, -0.25) is 4.79 Å². The fraction of sp³-hybridized carbons (Fsp3) is 0.150. The normalized spacial score (nSPS) is 11.7. The molecule has 0 aliphatic carbocycles. The molecule has 0 spiro atoms. The molecule has 0 unspecified atom stereocenters. The van der Waals surface area contributed by atoms with Gasteiger partial charge in [0.25, 0.3) is 5.91 Å². The van der Waals surface area contributed by atoms with Crippen molar-refractivity contribution in [2.75, 3.05) is 11.6 Å². The second-order valence-corrected chi connectivity index (χ2v) is 9.45. The third-order valence-corrected chi connectivity index (χ3v) is 6.45. The first-order valence-electron chi connectivity index (χ1n) is 8.88. The summed E-state index contributed by atoms with van der Waals surface area (Å²) in [7, 11) is -3.37. The van der Waals surface area contributed by atoms with Crippen LogP contribution in [0.4, 0.5) is 5.69 Å². The number of aryl methyl sites for hydroxylation is 1. The van der Waals surface area contributed by atoms with Crippen LogP contribution in [0.15, 0.2) is 58.9 Å². The summed E-state index contributed by atoms with van der Waals surface area (Å²) in [4.78, 5) is 18.9. The highest BCUT2D eigenvalue weighted by molar-refractivity contribution is 7.90. The van der Waals surface area contributed by atoms with Gasteiger partial charge in [0.15, 0.2) is 15.5 Å². The Bertz CT molecular complexity index is 1310. The Morgan fingerprint density at radius 1 is 1.21 bits per heavy atom. The number of carbonyl (C=O) groups excluding carboxylic acids is 1. The number of nitrogens with one attached hydrogen (secondary N) is 1. The lowest BCUT2D eigenvalue weighted by molar-refractivity contribution is 0.102. The topological polar surface area (TPSA) is 94.0 Å². The van der Waals surface area contributed by atoms with Gasteiger partial charge in [-0.1, -0.05) is 12.1 Å². The maximum absolute atomic E-state index is 13.1. The van der Waals surface area contributed by atoms with Gasteiger partial charge in [0, 0.05) is 18.5 Å². The third kappa shape index (κ3) is 3.79. The number of hydrogen-bond acceptors (Lipinski definition) is 6. The molecule has 0 aliphatic rings. The maximum Gasteiger partial charge on any atom is 0.256 e. The number of anilines is 1. The van der Waals surface area contributed by atoms with E-state index in [-0.39, 0.29) is 10.8 Å². The number of benzene rings is 1. The van der Waals surface area contributed by atoms with Crippen molar-refractivity contribution in [2.45, 2.75) is 18.4 Å². The predicted molar refractivity (Wildman–Crippen MR) is 114 cm³/mol. The Kier molecular flexibility index (Phi) is 4.93. The number of amides is 1. The van der Waals surface area contributed by atoms with E-state index in [9.17, 15) is 13.2 Å². The van der Waals surface area contributed by atoms with E-state index in [2.05, 4.69) is 10.4 Å². The van der Waals surface area contributed by atoms with Crippen molar-refractivity contribution >= 4 is 43.8 Å². The van der Waals surface area contributed by atoms with E-state index in [4.69, 9.17) is 4.98 Å². The quantitative estimate of drug-likeness (QED) is 0.523. The number of rotatable bonds is 5. The molecule has 0 atom stereocenters. The summed E-state index contributed by atoms with van der Waals surface area (Å²) >= 11 is 1.54. The van der Waals surface area contributed by atoms with Crippen molar-refractivity contribution in [1.29, 1.82) is 0 Å². The van der Waals surface area contributed by atoms with Gasteiger partial charge >= 0.3 is 0 Å². The summed E-state index contributed by atoms with van der Waals surface area (Å²) in [5, 5.41) is 9.72. The monoisotopic (exact) mass is 426 g/mol. The molecular formula is C20H18N4O3S2. The zero-order chi connectivity index (χ0) is 20.6. The molecule has 0 saturated carbocycles. The second kappa shape index (κ2) is 7.41. The van der Waals surface area contributed by atoms with E-state index >= 15 is 0 Å². The van der Waals surface area contributed by atoms with Crippen LogP contribution in [0.2, 0.25) is 0 Å². The average Bonchev–Trinajstić information content (AvgIpc) is 3.36. The maximum atomic E-state index is 13.1. The third-order valence-electron chi connectivity index (χ3n) is 4.45. The van der Waals surface area contributed by atoms with Gasteiger partial charge in [-0.2, -0.15) is 5.10 Å². The van der Waals surface area contributed by atoms with Crippen molar-refractivity contribution < 1.29 is 13.2 Å². The van der Waals surface area contributed by atoms with Crippen molar-refractivity contribution in [1.82, 2.24) is 14.8 Å². The van der Waals surface area contributed by atoms with E-state index in [1.54, 1.807) is 29.1 Å². The number of hydrogen-bond donors (Lipinski definition) is 1. The number of sulfone groups is 1. The summed E-state index contributed by atoms with van der Waals surface area (Å²) in [6, 6.07) is 11.8. The van der Waals surface area contributed by atoms with Crippen LogP contribution in [0.1, 0.15) is 17.3 Å². The molecule has 4 rings (SSSR count). The van der Waals surface area contributed by atoms with E-state index in [1.165, 1.54) is 23.5 Å². The first kappa shape index (κ1) is 19.3. The molecule has 0 radical (unpaired) electrons. The largest absolute Gasteiger partial charge is 0.322 e. The summed E-state index contributed by atoms with van der Waals surface area (Å²) in [6.45, 7) is 2.59. The number of nitrogens with zero attached hydrogens (tertiary/aromatic N) is 3. The minimum atomic E-state index is -3.37.